The quantitative estimate of drug-likeness (QED) is 0.360. The first-order valence-electron chi connectivity index (χ1n) is 5.09. The SMILES string of the molecule is C=C1CC2(CCC(O[SiH3])CC2)OC1=O. The number of hydrogen-bond acceptors (Lipinski definition) is 3. The molecule has 0 atom stereocenters. The molecule has 1 aliphatic heterocycles. The third-order valence-corrected chi connectivity index (χ3v) is 3.98. The first kappa shape index (κ1) is 9.92. The predicted octanol–water partition coefficient (Wildman–Crippen LogP) is 0.468. The Morgan fingerprint density at radius 1 is 1.50 bits per heavy atom. The fourth-order valence-electron chi connectivity index (χ4n) is 2.40. The minimum Gasteiger partial charge on any atom is -0.455 e. The predicted molar refractivity (Wildman–Crippen MR) is 55.9 cm³/mol. The van der Waals surface area contributed by atoms with E-state index in [-0.39, 0.29) is 11.6 Å². The number of hydrogen-bond donors (Lipinski definition) is 0. The largest absolute Gasteiger partial charge is 0.455 e. The third kappa shape index (κ3) is 1.64. The molecule has 1 aliphatic carbocycles. The van der Waals surface area contributed by atoms with Crippen LogP contribution in [0.4, 0.5) is 0 Å². The van der Waals surface area contributed by atoms with E-state index in [0.29, 0.717) is 11.7 Å². The average molecular weight is 212 g/mol. The van der Waals surface area contributed by atoms with Crippen LogP contribution in [0.15, 0.2) is 12.2 Å². The number of carbonyl (C=O) groups excluding carboxylic acids is 1. The van der Waals surface area contributed by atoms with E-state index in [0.717, 1.165) is 42.6 Å². The highest BCUT2D eigenvalue weighted by Gasteiger charge is 2.44. The van der Waals surface area contributed by atoms with Gasteiger partial charge in [0.15, 0.2) is 0 Å². The fraction of sp³-hybridized carbons (Fsp3) is 0.700. The van der Waals surface area contributed by atoms with Gasteiger partial charge in [-0.15, -0.1) is 0 Å². The van der Waals surface area contributed by atoms with Gasteiger partial charge in [0, 0.05) is 18.1 Å². The van der Waals surface area contributed by atoms with E-state index in [9.17, 15) is 4.79 Å². The molecule has 0 unspecified atom stereocenters. The standard InChI is InChI=1S/C10H16O3Si/c1-7-6-10(12-9(7)11)4-2-8(13-14)3-5-10/h8H,1-6H2,14H3. The molecular weight excluding hydrogens is 196 g/mol. The van der Waals surface area contributed by atoms with Gasteiger partial charge in [-0.05, 0) is 25.7 Å². The smallest absolute Gasteiger partial charge is 0.334 e. The van der Waals surface area contributed by atoms with Gasteiger partial charge in [0.1, 0.15) is 16.1 Å². The highest BCUT2D eigenvalue weighted by molar-refractivity contribution is 5.98. The molecule has 1 heterocycles. The Hall–Kier alpha value is -0.613. The number of ether oxygens (including phenoxy) is 1. The summed E-state index contributed by atoms with van der Waals surface area (Å²) >= 11 is 0. The van der Waals surface area contributed by atoms with Crippen LogP contribution < -0.4 is 0 Å². The molecule has 4 heteroatoms. The molecule has 1 saturated carbocycles. The number of carbonyl (C=O) groups is 1. The van der Waals surface area contributed by atoms with Crippen LogP contribution in [0.5, 0.6) is 0 Å². The molecule has 0 bridgehead atoms. The monoisotopic (exact) mass is 212 g/mol. The second kappa shape index (κ2) is 3.51. The van der Waals surface area contributed by atoms with Crippen molar-refractivity contribution in [2.45, 2.75) is 43.8 Å². The highest BCUT2D eigenvalue weighted by atomic mass is 28.2. The summed E-state index contributed by atoms with van der Waals surface area (Å²) in [5, 5.41) is 0. The second-order valence-corrected chi connectivity index (χ2v) is 4.76. The van der Waals surface area contributed by atoms with Gasteiger partial charge in [-0.1, -0.05) is 6.58 Å². The zero-order valence-corrected chi connectivity index (χ0v) is 10.5. The molecule has 14 heavy (non-hydrogen) atoms. The maximum absolute atomic E-state index is 11.3. The Morgan fingerprint density at radius 2 is 2.14 bits per heavy atom. The van der Waals surface area contributed by atoms with Crippen LogP contribution in [-0.2, 0) is 14.0 Å². The summed E-state index contributed by atoms with van der Waals surface area (Å²) in [5.74, 6) is -0.199. The van der Waals surface area contributed by atoms with Crippen molar-refractivity contribution in [3.05, 3.63) is 12.2 Å². The molecule has 0 radical (unpaired) electrons. The lowest BCUT2D eigenvalue weighted by molar-refractivity contribution is -0.150. The summed E-state index contributed by atoms with van der Waals surface area (Å²) in [5.41, 5.74) is 0.417. The van der Waals surface area contributed by atoms with Crippen molar-refractivity contribution in [2.75, 3.05) is 0 Å². The Bertz CT molecular complexity index is 249. The van der Waals surface area contributed by atoms with Crippen molar-refractivity contribution in [1.82, 2.24) is 0 Å². The van der Waals surface area contributed by atoms with E-state index in [1.54, 1.807) is 0 Å². The Balaban J connectivity index is 2.00. The third-order valence-electron chi connectivity index (χ3n) is 3.31. The summed E-state index contributed by atoms with van der Waals surface area (Å²) in [6.45, 7) is 3.73. The first-order chi connectivity index (χ1) is 6.65. The summed E-state index contributed by atoms with van der Waals surface area (Å²) < 4.78 is 10.8. The van der Waals surface area contributed by atoms with Gasteiger partial charge in [-0.25, -0.2) is 4.79 Å². The molecule has 2 fully saturated rings. The fourth-order valence-corrected chi connectivity index (χ4v) is 2.87. The molecule has 3 nitrogen and oxygen atoms in total. The number of esters is 1. The zero-order valence-electron chi connectivity index (χ0n) is 8.54. The van der Waals surface area contributed by atoms with E-state index < -0.39 is 0 Å². The van der Waals surface area contributed by atoms with E-state index in [4.69, 9.17) is 9.16 Å². The normalized spacial score (nSPS) is 37.9. The van der Waals surface area contributed by atoms with Gasteiger partial charge >= 0.3 is 5.97 Å². The first-order valence-corrected chi connectivity index (χ1v) is 5.91. The van der Waals surface area contributed by atoms with Crippen molar-refractivity contribution in [1.29, 1.82) is 0 Å². The van der Waals surface area contributed by atoms with Crippen LogP contribution in [0, 0.1) is 0 Å². The van der Waals surface area contributed by atoms with Crippen molar-refractivity contribution in [3.63, 3.8) is 0 Å². The van der Waals surface area contributed by atoms with Crippen molar-refractivity contribution in [3.8, 4) is 0 Å². The van der Waals surface area contributed by atoms with Crippen LogP contribution in [0.3, 0.4) is 0 Å². The molecule has 0 aromatic heterocycles. The Morgan fingerprint density at radius 3 is 2.57 bits per heavy atom. The Labute approximate surface area is 87.0 Å². The van der Waals surface area contributed by atoms with E-state index in [1.807, 2.05) is 0 Å². The van der Waals surface area contributed by atoms with Crippen LogP contribution in [0.25, 0.3) is 0 Å². The van der Waals surface area contributed by atoms with Gasteiger partial charge in [-0.2, -0.15) is 0 Å². The van der Waals surface area contributed by atoms with Crippen LogP contribution in [0.1, 0.15) is 32.1 Å². The van der Waals surface area contributed by atoms with E-state index in [1.165, 1.54) is 0 Å². The van der Waals surface area contributed by atoms with E-state index >= 15 is 0 Å². The van der Waals surface area contributed by atoms with Crippen LogP contribution in [0.2, 0.25) is 0 Å². The molecule has 1 spiro atoms. The van der Waals surface area contributed by atoms with Gasteiger partial charge in [0.25, 0.3) is 0 Å². The Kier molecular flexibility index (Phi) is 2.49. The zero-order chi connectivity index (χ0) is 10.2. The minimum absolute atomic E-state index is 0.199. The summed E-state index contributed by atoms with van der Waals surface area (Å²) in [7, 11) is 0.799. The van der Waals surface area contributed by atoms with E-state index in [2.05, 4.69) is 6.58 Å². The van der Waals surface area contributed by atoms with Crippen LogP contribution in [-0.4, -0.2) is 28.2 Å². The minimum atomic E-state index is -0.218. The van der Waals surface area contributed by atoms with Gasteiger partial charge in [0.2, 0.25) is 0 Å². The topological polar surface area (TPSA) is 35.5 Å². The maximum atomic E-state index is 11.3. The lowest BCUT2D eigenvalue weighted by Gasteiger charge is -2.35. The summed E-state index contributed by atoms with van der Waals surface area (Å²) in [6.07, 6.45) is 5.03. The lowest BCUT2D eigenvalue weighted by atomic mass is 9.81. The molecule has 2 rings (SSSR count). The molecule has 0 aromatic rings. The van der Waals surface area contributed by atoms with Gasteiger partial charge in [0.05, 0.1) is 0 Å². The molecule has 2 aliphatic rings. The average Bonchev–Trinajstić information content (AvgIpc) is 2.44. The second-order valence-electron chi connectivity index (χ2n) is 4.29. The molecule has 0 N–H and O–H groups in total. The molecule has 0 amide bonds. The van der Waals surface area contributed by atoms with Crippen LogP contribution >= 0.6 is 0 Å². The van der Waals surface area contributed by atoms with Crippen molar-refractivity contribution >= 4 is 16.5 Å². The molecule has 1 saturated heterocycles. The van der Waals surface area contributed by atoms with Crippen molar-refractivity contribution in [2.24, 2.45) is 0 Å². The summed E-state index contributed by atoms with van der Waals surface area (Å²) in [4.78, 5) is 11.3. The summed E-state index contributed by atoms with van der Waals surface area (Å²) in [6, 6.07) is 0. The van der Waals surface area contributed by atoms with Gasteiger partial charge in [-0.3, -0.25) is 0 Å². The lowest BCUT2D eigenvalue weighted by Crippen LogP contribution is -2.36. The molecule has 0 aromatic carbocycles. The molecular formula is C10H16O3Si. The maximum Gasteiger partial charge on any atom is 0.334 e. The van der Waals surface area contributed by atoms with Crippen molar-refractivity contribution < 1.29 is 14.0 Å². The van der Waals surface area contributed by atoms with Gasteiger partial charge < -0.3 is 9.16 Å². The number of rotatable bonds is 1. The molecule has 78 valence electrons. The highest BCUT2D eigenvalue weighted by Crippen LogP contribution is 2.41.